The topological polar surface area (TPSA) is 44.1 Å². The van der Waals surface area contributed by atoms with Crippen molar-refractivity contribution in [3.05, 3.63) is 47.3 Å². The third-order valence-corrected chi connectivity index (χ3v) is 3.03. The standard InChI is InChI=1S/C15H18N2O2/c1-4-8-13-14(15(18)19-3)11(2)16-17(13)12-9-6-5-7-10-12/h5-7,9-10H,4,8H2,1-3H3. The molecule has 1 heterocycles. The number of carbonyl (C=O) groups is 1. The van der Waals surface area contributed by atoms with E-state index in [1.54, 1.807) is 0 Å². The van der Waals surface area contributed by atoms with Crippen LogP contribution in [0.3, 0.4) is 0 Å². The van der Waals surface area contributed by atoms with Crippen LogP contribution in [-0.2, 0) is 11.2 Å². The van der Waals surface area contributed by atoms with Gasteiger partial charge in [-0.05, 0) is 25.5 Å². The zero-order valence-electron chi connectivity index (χ0n) is 11.5. The maximum atomic E-state index is 11.9. The average Bonchev–Trinajstić information content (AvgIpc) is 2.76. The van der Waals surface area contributed by atoms with Crippen molar-refractivity contribution in [3.8, 4) is 5.69 Å². The Morgan fingerprint density at radius 2 is 2.00 bits per heavy atom. The number of aryl methyl sites for hydroxylation is 1. The van der Waals surface area contributed by atoms with Crippen molar-refractivity contribution < 1.29 is 9.53 Å². The lowest BCUT2D eigenvalue weighted by molar-refractivity contribution is 0.0598. The fraction of sp³-hybridized carbons (Fsp3) is 0.333. The Balaban J connectivity index is 2.59. The summed E-state index contributed by atoms with van der Waals surface area (Å²) >= 11 is 0. The number of ether oxygens (including phenoxy) is 1. The summed E-state index contributed by atoms with van der Waals surface area (Å²) in [5.41, 5.74) is 3.18. The normalized spacial score (nSPS) is 10.5. The third kappa shape index (κ3) is 2.52. The van der Waals surface area contributed by atoms with Crippen LogP contribution in [0.2, 0.25) is 0 Å². The number of carbonyl (C=O) groups excluding carboxylic acids is 1. The van der Waals surface area contributed by atoms with Gasteiger partial charge in [0.2, 0.25) is 0 Å². The molecule has 0 fully saturated rings. The molecule has 0 amide bonds. The second-order valence-corrected chi connectivity index (χ2v) is 4.40. The number of para-hydroxylation sites is 1. The van der Waals surface area contributed by atoms with Crippen LogP contribution in [0.4, 0.5) is 0 Å². The van der Waals surface area contributed by atoms with Crippen LogP contribution >= 0.6 is 0 Å². The Morgan fingerprint density at radius 3 is 2.58 bits per heavy atom. The van der Waals surface area contributed by atoms with Crippen molar-refractivity contribution in [2.24, 2.45) is 0 Å². The lowest BCUT2D eigenvalue weighted by Gasteiger charge is -2.08. The van der Waals surface area contributed by atoms with Crippen LogP contribution in [-0.4, -0.2) is 22.9 Å². The minimum Gasteiger partial charge on any atom is -0.465 e. The van der Waals surface area contributed by atoms with Crippen LogP contribution in [0.1, 0.15) is 35.1 Å². The molecule has 0 aliphatic rings. The largest absolute Gasteiger partial charge is 0.465 e. The second-order valence-electron chi connectivity index (χ2n) is 4.40. The molecule has 0 bridgehead atoms. The van der Waals surface area contributed by atoms with Gasteiger partial charge < -0.3 is 4.74 Å². The molecule has 1 aromatic heterocycles. The molecule has 0 unspecified atom stereocenters. The van der Waals surface area contributed by atoms with Crippen LogP contribution in [0.15, 0.2) is 30.3 Å². The van der Waals surface area contributed by atoms with Gasteiger partial charge >= 0.3 is 5.97 Å². The van der Waals surface area contributed by atoms with Crippen molar-refractivity contribution in [2.75, 3.05) is 7.11 Å². The third-order valence-electron chi connectivity index (χ3n) is 3.03. The lowest BCUT2D eigenvalue weighted by atomic mass is 10.1. The Kier molecular flexibility index (Phi) is 4.00. The van der Waals surface area contributed by atoms with E-state index in [9.17, 15) is 4.79 Å². The van der Waals surface area contributed by atoms with Crippen molar-refractivity contribution in [3.63, 3.8) is 0 Å². The number of benzene rings is 1. The number of nitrogens with zero attached hydrogens (tertiary/aromatic N) is 2. The average molecular weight is 258 g/mol. The van der Waals surface area contributed by atoms with Gasteiger partial charge in [-0.3, -0.25) is 0 Å². The molecule has 0 aliphatic heterocycles. The Hall–Kier alpha value is -2.10. The van der Waals surface area contributed by atoms with E-state index in [1.165, 1.54) is 7.11 Å². The first-order chi connectivity index (χ1) is 9.19. The number of aromatic nitrogens is 2. The first kappa shape index (κ1) is 13.3. The Morgan fingerprint density at radius 1 is 1.32 bits per heavy atom. The highest BCUT2D eigenvalue weighted by molar-refractivity contribution is 5.92. The summed E-state index contributed by atoms with van der Waals surface area (Å²) < 4.78 is 6.70. The van der Waals surface area contributed by atoms with Gasteiger partial charge in [0.1, 0.15) is 5.56 Å². The van der Waals surface area contributed by atoms with E-state index in [4.69, 9.17) is 4.74 Å². The van der Waals surface area contributed by atoms with Gasteiger partial charge in [-0.2, -0.15) is 5.10 Å². The summed E-state index contributed by atoms with van der Waals surface area (Å²) in [7, 11) is 1.40. The molecule has 4 nitrogen and oxygen atoms in total. The fourth-order valence-electron chi connectivity index (χ4n) is 2.19. The molecular weight excluding hydrogens is 240 g/mol. The van der Waals surface area contributed by atoms with Crippen LogP contribution in [0.5, 0.6) is 0 Å². The molecule has 0 radical (unpaired) electrons. The van der Waals surface area contributed by atoms with Gasteiger partial charge in [-0.25, -0.2) is 9.48 Å². The molecule has 0 spiro atoms. The predicted octanol–water partition coefficient (Wildman–Crippen LogP) is 2.92. The fourth-order valence-corrected chi connectivity index (χ4v) is 2.19. The Bertz CT molecular complexity index is 573. The maximum absolute atomic E-state index is 11.9. The molecule has 19 heavy (non-hydrogen) atoms. The molecule has 0 atom stereocenters. The van der Waals surface area contributed by atoms with E-state index >= 15 is 0 Å². The smallest absolute Gasteiger partial charge is 0.341 e. The zero-order chi connectivity index (χ0) is 13.8. The van der Waals surface area contributed by atoms with Gasteiger partial charge in [-0.1, -0.05) is 31.5 Å². The van der Waals surface area contributed by atoms with E-state index in [-0.39, 0.29) is 5.97 Å². The molecular formula is C15H18N2O2. The zero-order valence-corrected chi connectivity index (χ0v) is 11.5. The summed E-state index contributed by atoms with van der Waals surface area (Å²) in [6.07, 6.45) is 1.74. The lowest BCUT2D eigenvalue weighted by Crippen LogP contribution is -2.08. The van der Waals surface area contributed by atoms with Crippen molar-refractivity contribution >= 4 is 5.97 Å². The van der Waals surface area contributed by atoms with Crippen molar-refractivity contribution in [1.29, 1.82) is 0 Å². The minimum atomic E-state index is -0.317. The van der Waals surface area contributed by atoms with Gasteiger partial charge in [0.15, 0.2) is 0 Å². The van der Waals surface area contributed by atoms with Gasteiger partial charge in [0, 0.05) is 0 Å². The number of rotatable bonds is 4. The Labute approximate surface area is 113 Å². The summed E-state index contributed by atoms with van der Waals surface area (Å²) in [5, 5.41) is 4.48. The highest BCUT2D eigenvalue weighted by Crippen LogP contribution is 2.21. The van der Waals surface area contributed by atoms with Crippen molar-refractivity contribution in [1.82, 2.24) is 9.78 Å². The highest BCUT2D eigenvalue weighted by Gasteiger charge is 2.21. The van der Waals surface area contributed by atoms with Crippen LogP contribution in [0, 0.1) is 6.92 Å². The molecule has 0 N–H and O–H groups in total. The number of hydrogen-bond acceptors (Lipinski definition) is 3. The minimum absolute atomic E-state index is 0.317. The van der Waals surface area contributed by atoms with Crippen molar-refractivity contribution in [2.45, 2.75) is 26.7 Å². The summed E-state index contributed by atoms with van der Waals surface area (Å²) in [6, 6.07) is 9.83. The molecule has 0 saturated carbocycles. The van der Waals surface area contributed by atoms with E-state index in [2.05, 4.69) is 12.0 Å². The van der Waals surface area contributed by atoms with Gasteiger partial charge in [-0.15, -0.1) is 0 Å². The van der Waals surface area contributed by atoms with Gasteiger partial charge in [0.05, 0.1) is 24.2 Å². The molecule has 4 heteroatoms. The molecule has 0 aliphatic carbocycles. The number of hydrogen-bond donors (Lipinski definition) is 0. The molecule has 0 saturated heterocycles. The summed E-state index contributed by atoms with van der Waals surface area (Å²) in [5.74, 6) is -0.317. The summed E-state index contributed by atoms with van der Waals surface area (Å²) in [4.78, 5) is 11.9. The predicted molar refractivity (Wildman–Crippen MR) is 73.6 cm³/mol. The number of methoxy groups -OCH3 is 1. The second kappa shape index (κ2) is 5.69. The van der Waals surface area contributed by atoms with Gasteiger partial charge in [0.25, 0.3) is 0 Å². The quantitative estimate of drug-likeness (QED) is 0.792. The molecule has 100 valence electrons. The molecule has 1 aromatic carbocycles. The van der Waals surface area contributed by atoms with E-state index in [1.807, 2.05) is 41.9 Å². The van der Waals surface area contributed by atoms with Crippen LogP contribution < -0.4 is 0 Å². The SMILES string of the molecule is CCCc1c(C(=O)OC)c(C)nn1-c1ccccc1. The highest BCUT2D eigenvalue weighted by atomic mass is 16.5. The maximum Gasteiger partial charge on any atom is 0.341 e. The summed E-state index contributed by atoms with van der Waals surface area (Å²) in [6.45, 7) is 3.92. The number of esters is 1. The van der Waals surface area contributed by atoms with E-state index < -0.39 is 0 Å². The van der Waals surface area contributed by atoms with Crippen LogP contribution in [0.25, 0.3) is 5.69 Å². The van der Waals surface area contributed by atoms with E-state index in [0.717, 1.165) is 24.2 Å². The molecule has 2 rings (SSSR count). The van der Waals surface area contributed by atoms with E-state index in [0.29, 0.717) is 11.3 Å². The first-order valence-corrected chi connectivity index (χ1v) is 6.41. The first-order valence-electron chi connectivity index (χ1n) is 6.41. The molecule has 2 aromatic rings. The monoisotopic (exact) mass is 258 g/mol.